The van der Waals surface area contributed by atoms with Crippen molar-refractivity contribution in [2.45, 2.75) is 36.9 Å². The fraction of sp³-hybridized carbons (Fsp3) is 1.00. The molecule has 0 N–H and O–H groups in total. The zero-order valence-electron chi connectivity index (χ0n) is 9.03. The predicted molar refractivity (Wildman–Crippen MR) is 57.9 cm³/mol. The second kappa shape index (κ2) is 5.20. The first-order valence-electron chi connectivity index (χ1n) is 5.38. The van der Waals surface area contributed by atoms with E-state index in [-0.39, 0.29) is 24.1 Å². The number of hydrogen-bond donors (Lipinski definition) is 0. The average Bonchev–Trinajstić information content (AvgIpc) is 2.78. The highest BCUT2D eigenvalue weighted by Crippen LogP contribution is 2.35. The van der Waals surface area contributed by atoms with Gasteiger partial charge in [-0.3, -0.25) is 0 Å². The maximum atomic E-state index is 10.3. The highest BCUT2D eigenvalue weighted by atomic mass is 32.2. The number of ether oxygens (including phenoxy) is 2. The molecule has 16 heavy (non-hydrogen) atoms. The Morgan fingerprint density at radius 2 is 2.19 bits per heavy atom. The third-order valence-electron chi connectivity index (χ3n) is 2.72. The molecule has 0 bridgehead atoms. The molecule has 0 spiro atoms. The van der Waals surface area contributed by atoms with E-state index in [0.29, 0.717) is 6.61 Å². The van der Waals surface area contributed by atoms with Gasteiger partial charge in [0.1, 0.15) is 12.2 Å². The van der Waals surface area contributed by atoms with Crippen molar-refractivity contribution < 1.29 is 19.4 Å². The normalized spacial score (nSPS) is 37.3. The topological polar surface area (TPSA) is 70.8 Å². The summed E-state index contributed by atoms with van der Waals surface area (Å²) in [7, 11) is 0. The van der Waals surface area contributed by atoms with Crippen molar-refractivity contribution in [1.29, 1.82) is 0 Å². The van der Waals surface area contributed by atoms with Gasteiger partial charge >= 0.3 is 0 Å². The Kier molecular flexibility index (Phi) is 3.88. The molecular weight excluding hydrogens is 234 g/mol. The molecule has 2 aliphatic rings. The average molecular weight is 249 g/mol. The molecule has 2 aliphatic heterocycles. The number of hydrogen-bond acceptors (Lipinski definition) is 6. The van der Waals surface area contributed by atoms with Crippen molar-refractivity contribution in [2.24, 2.45) is 0 Å². The van der Waals surface area contributed by atoms with E-state index in [9.17, 15) is 10.1 Å². The molecule has 2 fully saturated rings. The van der Waals surface area contributed by atoms with Crippen molar-refractivity contribution in [3.63, 3.8) is 0 Å². The molecule has 0 aromatic carbocycles. The summed E-state index contributed by atoms with van der Waals surface area (Å²) in [6.45, 7) is 2.96. The van der Waals surface area contributed by atoms with Crippen LogP contribution in [-0.4, -0.2) is 47.6 Å². The highest BCUT2D eigenvalue weighted by Gasteiger charge is 2.49. The minimum atomic E-state index is -0.772. The van der Waals surface area contributed by atoms with Crippen molar-refractivity contribution in [3.05, 3.63) is 10.1 Å². The van der Waals surface area contributed by atoms with Gasteiger partial charge in [-0.05, 0) is 12.2 Å². The molecule has 2 heterocycles. The van der Waals surface area contributed by atoms with Crippen LogP contribution in [0.15, 0.2) is 0 Å². The van der Waals surface area contributed by atoms with Gasteiger partial charge in [-0.2, -0.15) is 11.8 Å². The fourth-order valence-corrected chi connectivity index (χ4v) is 3.18. The Bertz CT molecular complexity index is 264. The Balaban J connectivity index is 1.87. The number of thioether (sulfide) groups is 1. The molecule has 0 aliphatic carbocycles. The summed E-state index contributed by atoms with van der Waals surface area (Å²) in [5, 5.41) is 9.78. The summed E-state index contributed by atoms with van der Waals surface area (Å²) in [6.07, 6.45) is 0.210. The van der Waals surface area contributed by atoms with Crippen molar-refractivity contribution in [3.8, 4) is 0 Å². The van der Waals surface area contributed by atoms with Crippen LogP contribution in [-0.2, 0) is 14.3 Å². The number of fused-ring (bicyclic) bond motifs is 1. The molecular formula is C9H15NO5S. The van der Waals surface area contributed by atoms with Crippen LogP contribution in [0, 0.1) is 10.1 Å². The summed E-state index contributed by atoms with van der Waals surface area (Å²) in [5.41, 5.74) is 0. The molecule has 0 saturated carbocycles. The van der Waals surface area contributed by atoms with Crippen LogP contribution in [0.5, 0.6) is 0 Å². The third kappa shape index (κ3) is 2.41. The summed E-state index contributed by atoms with van der Waals surface area (Å²) in [4.78, 5) is 14.8. The number of rotatable bonds is 5. The van der Waals surface area contributed by atoms with Crippen LogP contribution in [0.3, 0.4) is 0 Å². The smallest absolute Gasteiger partial charge is 0.294 e. The molecule has 4 atom stereocenters. The first kappa shape index (κ1) is 11.9. The molecule has 0 aromatic heterocycles. The maximum Gasteiger partial charge on any atom is 0.294 e. The van der Waals surface area contributed by atoms with Crippen LogP contribution in [0.25, 0.3) is 0 Å². The minimum Gasteiger partial charge on any atom is -0.372 e. The molecule has 6 nitrogen and oxygen atoms in total. The second-order valence-electron chi connectivity index (χ2n) is 3.87. The lowest BCUT2D eigenvalue weighted by atomic mass is 10.1. The van der Waals surface area contributed by atoms with Crippen LogP contribution >= 0.6 is 11.8 Å². The van der Waals surface area contributed by atoms with Crippen LogP contribution in [0.2, 0.25) is 0 Å². The first-order chi connectivity index (χ1) is 7.72. The van der Waals surface area contributed by atoms with Crippen molar-refractivity contribution >= 4 is 11.8 Å². The predicted octanol–water partition coefficient (Wildman–Crippen LogP) is 0.873. The van der Waals surface area contributed by atoms with Gasteiger partial charge < -0.3 is 14.3 Å². The quantitative estimate of drug-likeness (QED) is 0.532. The van der Waals surface area contributed by atoms with E-state index in [0.717, 1.165) is 12.2 Å². The highest BCUT2D eigenvalue weighted by molar-refractivity contribution is 8.00. The first-order valence-corrected chi connectivity index (χ1v) is 6.43. The monoisotopic (exact) mass is 249 g/mol. The van der Waals surface area contributed by atoms with Gasteiger partial charge in [0, 0.05) is 0 Å². The number of nitrogens with zero attached hydrogens (tertiary/aromatic N) is 1. The zero-order chi connectivity index (χ0) is 11.5. The fourth-order valence-electron chi connectivity index (χ4n) is 2.04. The van der Waals surface area contributed by atoms with Crippen molar-refractivity contribution in [1.82, 2.24) is 0 Å². The van der Waals surface area contributed by atoms with E-state index in [1.807, 2.05) is 0 Å². The van der Waals surface area contributed by atoms with E-state index >= 15 is 0 Å². The lowest BCUT2D eigenvalue weighted by molar-refractivity contribution is -0.769. The van der Waals surface area contributed by atoms with Gasteiger partial charge in [-0.15, -0.1) is 10.1 Å². The molecule has 92 valence electrons. The van der Waals surface area contributed by atoms with E-state index in [4.69, 9.17) is 9.47 Å². The van der Waals surface area contributed by atoms with Gasteiger partial charge in [0.2, 0.25) is 0 Å². The molecule has 0 aromatic rings. The van der Waals surface area contributed by atoms with Gasteiger partial charge in [0.05, 0.1) is 18.5 Å². The summed E-state index contributed by atoms with van der Waals surface area (Å²) in [5.74, 6) is 1.06. The standard InChI is InChI=1S/C9H15NO5S/c1-2-3-16-7-5-14-8-6(15-10(11)12)4-13-9(7)8/h6-9H,2-5H2,1H3/t6-,7-,8+,9+/m1/s1. The Hall–Kier alpha value is -0.530. The molecule has 7 heteroatoms. The lowest BCUT2D eigenvalue weighted by Crippen LogP contribution is -2.33. The van der Waals surface area contributed by atoms with E-state index in [1.54, 1.807) is 11.8 Å². The zero-order valence-corrected chi connectivity index (χ0v) is 9.85. The van der Waals surface area contributed by atoms with E-state index in [2.05, 4.69) is 11.8 Å². The van der Waals surface area contributed by atoms with Crippen LogP contribution in [0.4, 0.5) is 0 Å². The van der Waals surface area contributed by atoms with Gasteiger partial charge in [0.25, 0.3) is 5.09 Å². The molecule has 0 amide bonds. The van der Waals surface area contributed by atoms with Gasteiger partial charge in [-0.1, -0.05) is 6.92 Å². The Labute approximate surface area is 97.7 Å². The van der Waals surface area contributed by atoms with E-state index < -0.39 is 11.2 Å². The molecule has 2 rings (SSSR count). The SMILES string of the molecule is CCCS[C@@H]1CO[C@@H]2[C@H]1OC[C@H]2O[N+](=O)[O-]. The lowest BCUT2D eigenvalue weighted by Gasteiger charge is -2.15. The summed E-state index contributed by atoms with van der Waals surface area (Å²) in [6, 6.07) is 0. The Morgan fingerprint density at radius 1 is 1.44 bits per heavy atom. The van der Waals surface area contributed by atoms with Crippen LogP contribution < -0.4 is 0 Å². The molecule has 2 saturated heterocycles. The molecule has 0 unspecified atom stereocenters. The van der Waals surface area contributed by atoms with Crippen LogP contribution in [0.1, 0.15) is 13.3 Å². The van der Waals surface area contributed by atoms with Gasteiger partial charge in [0.15, 0.2) is 6.10 Å². The summed E-state index contributed by atoms with van der Waals surface area (Å²) >= 11 is 1.81. The maximum absolute atomic E-state index is 10.3. The van der Waals surface area contributed by atoms with E-state index in [1.165, 1.54) is 0 Å². The second-order valence-corrected chi connectivity index (χ2v) is 5.22. The summed E-state index contributed by atoms with van der Waals surface area (Å²) < 4.78 is 11.0. The van der Waals surface area contributed by atoms with Crippen molar-refractivity contribution in [2.75, 3.05) is 19.0 Å². The van der Waals surface area contributed by atoms with Gasteiger partial charge in [-0.25, -0.2) is 0 Å². The minimum absolute atomic E-state index is 0.0542. The largest absolute Gasteiger partial charge is 0.372 e. The third-order valence-corrected chi connectivity index (χ3v) is 4.20. The molecule has 0 radical (unpaired) electrons. The Morgan fingerprint density at radius 3 is 2.88 bits per heavy atom.